The van der Waals surface area contributed by atoms with Crippen LogP contribution in [0.3, 0.4) is 0 Å². The average molecular weight is 224 g/mol. The molecule has 0 fully saturated rings. The second kappa shape index (κ2) is 3.89. The van der Waals surface area contributed by atoms with Crippen molar-refractivity contribution in [2.45, 2.75) is 6.67 Å². The summed E-state index contributed by atoms with van der Waals surface area (Å²) >= 11 is 11.1. The maximum Gasteiger partial charge on any atom is 0.288 e. The normalized spacial score (nSPS) is 10.1. The average Bonchev–Trinajstić information content (AvgIpc) is 2.03. The van der Waals surface area contributed by atoms with Gasteiger partial charge in [-0.2, -0.15) is 0 Å². The lowest BCUT2D eigenvalue weighted by Gasteiger charge is -2.00. The predicted molar refractivity (Wildman–Crippen MR) is 47.9 cm³/mol. The Morgan fingerprint density at radius 3 is 2.46 bits per heavy atom. The van der Waals surface area contributed by atoms with E-state index >= 15 is 0 Å². The molecule has 3 nitrogen and oxygen atoms in total. The molecule has 1 rings (SSSR count). The number of halogens is 3. The van der Waals surface area contributed by atoms with Crippen molar-refractivity contribution >= 4 is 28.9 Å². The molecule has 0 radical (unpaired) electrons. The van der Waals surface area contributed by atoms with Gasteiger partial charge in [-0.15, -0.1) is 0 Å². The minimum absolute atomic E-state index is 0.0674. The summed E-state index contributed by atoms with van der Waals surface area (Å²) in [5.41, 5.74) is -0.267. The predicted octanol–water partition coefficient (Wildman–Crippen LogP) is 3.37. The highest BCUT2D eigenvalue weighted by molar-refractivity contribution is 6.36. The molecule has 0 bridgehead atoms. The molecule has 0 saturated carbocycles. The fraction of sp³-hybridized carbons (Fsp3) is 0.143. The largest absolute Gasteiger partial charge is 0.288 e. The topological polar surface area (TPSA) is 43.1 Å². The smallest absolute Gasteiger partial charge is 0.258 e. The highest BCUT2D eigenvalue weighted by Gasteiger charge is 2.15. The molecule has 0 aliphatic heterocycles. The van der Waals surface area contributed by atoms with Crippen molar-refractivity contribution < 1.29 is 9.31 Å². The zero-order chi connectivity index (χ0) is 10.0. The van der Waals surface area contributed by atoms with Crippen LogP contribution in [0.5, 0.6) is 0 Å². The first-order chi connectivity index (χ1) is 6.06. The Balaban J connectivity index is 3.30. The van der Waals surface area contributed by atoms with E-state index in [1.54, 1.807) is 0 Å². The third-order valence-electron chi connectivity index (χ3n) is 1.46. The number of hydrogen-bond acceptors (Lipinski definition) is 2. The number of rotatable bonds is 2. The van der Waals surface area contributed by atoms with E-state index < -0.39 is 11.6 Å². The Morgan fingerprint density at radius 1 is 1.38 bits per heavy atom. The van der Waals surface area contributed by atoms with Gasteiger partial charge in [-0.1, -0.05) is 23.2 Å². The molecule has 0 aliphatic carbocycles. The van der Waals surface area contributed by atoms with Crippen LogP contribution >= 0.6 is 23.2 Å². The minimum atomic E-state index is -0.850. The SMILES string of the molecule is O=[N+]([O-])c1cc(CF)c(Cl)cc1Cl. The van der Waals surface area contributed by atoms with Crippen LogP contribution in [-0.4, -0.2) is 4.92 Å². The van der Waals surface area contributed by atoms with Gasteiger partial charge in [0.1, 0.15) is 11.7 Å². The maximum atomic E-state index is 12.2. The number of alkyl halides is 1. The van der Waals surface area contributed by atoms with Gasteiger partial charge in [-0.3, -0.25) is 10.1 Å². The van der Waals surface area contributed by atoms with Gasteiger partial charge in [0.25, 0.3) is 5.69 Å². The van der Waals surface area contributed by atoms with Crippen LogP contribution in [0.15, 0.2) is 12.1 Å². The van der Waals surface area contributed by atoms with Gasteiger partial charge >= 0.3 is 0 Å². The van der Waals surface area contributed by atoms with Crippen molar-refractivity contribution in [3.8, 4) is 0 Å². The molecule has 0 atom stereocenters. The molecule has 1 aromatic rings. The van der Waals surface area contributed by atoms with Crippen molar-refractivity contribution in [1.82, 2.24) is 0 Å². The minimum Gasteiger partial charge on any atom is -0.258 e. The number of nitrogens with zero attached hydrogens (tertiary/aromatic N) is 1. The second-order valence-corrected chi connectivity index (χ2v) is 3.10. The molecule has 0 unspecified atom stereocenters. The second-order valence-electron chi connectivity index (χ2n) is 2.29. The van der Waals surface area contributed by atoms with Crippen molar-refractivity contribution in [2.24, 2.45) is 0 Å². The third kappa shape index (κ3) is 2.08. The standard InChI is InChI=1S/C7H4Cl2FNO2/c8-5-2-6(9)7(11(12)13)1-4(5)3-10/h1-2H,3H2. The van der Waals surface area contributed by atoms with Gasteiger partial charge in [-0.05, 0) is 6.07 Å². The van der Waals surface area contributed by atoms with E-state index in [0.29, 0.717) is 0 Å². The summed E-state index contributed by atoms with van der Waals surface area (Å²) in [5, 5.41) is 10.4. The molecule has 13 heavy (non-hydrogen) atoms. The summed E-state index contributed by atoms with van der Waals surface area (Å²) in [7, 11) is 0. The molecule has 0 aromatic heterocycles. The summed E-state index contributed by atoms with van der Waals surface area (Å²) in [6.07, 6.45) is 0. The first-order valence-corrected chi connectivity index (χ1v) is 4.00. The zero-order valence-electron chi connectivity index (χ0n) is 6.26. The molecular weight excluding hydrogens is 220 g/mol. The third-order valence-corrected chi connectivity index (χ3v) is 2.11. The fourth-order valence-corrected chi connectivity index (χ4v) is 1.33. The van der Waals surface area contributed by atoms with Gasteiger partial charge in [0.05, 0.1) is 4.92 Å². The van der Waals surface area contributed by atoms with Crippen molar-refractivity contribution in [1.29, 1.82) is 0 Å². The lowest BCUT2D eigenvalue weighted by Crippen LogP contribution is -1.91. The molecule has 0 heterocycles. The van der Waals surface area contributed by atoms with Crippen LogP contribution in [-0.2, 0) is 6.67 Å². The lowest BCUT2D eigenvalue weighted by molar-refractivity contribution is -0.384. The van der Waals surface area contributed by atoms with Crippen LogP contribution < -0.4 is 0 Å². The molecule has 0 N–H and O–H groups in total. The van der Waals surface area contributed by atoms with E-state index in [1.165, 1.54) is 0 Å². The maximum absolute atomic E-state index is 12.2. The summed E-state index contributed by atoms with van der Waals surface area (Å²) in [5.74, 6) is 0. The lowest BCUT2D eigenvalue weighted by atomic mass is 10.2. The Bertz CT molecular complexity index is 357. The van der Waals surface area contributed by atoms with Gasteiger partial charge in [0.15, 0.2) is 0 Å². The zero-order valence-corrected chi connectivity index (χ0v) is 7.77. The number of hydrogen-bond donors (Lipinski definition) is 0. The van der Waals surface area contributed by atoms with Crippen molar-refractivity contribution in [2.75, 3.05) is 0 Å². The molecule has 0 saturated heterocycles. The highest BCUT2D eigenvalue weighted by atomic mass is 35.5. The van der Waals surface area contributed by atoms with Crippen LogP contribution in [0.4, 0.5) is 10.1 Å². The number of nitro groups is 1. The molecule has 0 amide bonds. The van der Waals surface area contributed by atoms with Gasteiger partial charge in [0.2, 0.25) is 0 Å². The van der Waals surface area contributed by atoms with E-state index in [1.807, 2.05) is 0 Å². The van der Waals surface area contributed by atoms with Gasteiger partial charge in [0, 0.05) is 16.7 Å². The Hall–Kier alpha value is -0.870. The fourth-order valence-electron chi connectivity index (χ4n) is 0.823. The van der Waals surface area contributed by atoms with Crippen LogP contribution in [0.1, 0.15) is 5.56 Å². The summed E-state index contributed by atoms with van der Waals surface area (Å²) in [6, 6.07) is 2.20. The van der Waals surface area contributed by atoms with E-state index in [4.69, 9.17) is 23.2 Å². The summed E-state index contributed by atoms with van der Waals surface area (Å²) in [4.78, 5) is 9.67. The van der Waals surface area contributed by atoms with Crippen LogP contribution in [0.2, 0.25) is 10.0 Å². The first kappa shape index (κ1) is 10.2. The molecular formula is C7H4Cl2FNO2. The summed E-state index contributed by atoms with van der Waals surface area (Å²) in [6.45, 7) is -0.850. The Kier molecular flexibility index (Phi) is 3.06. The van der Waals surface area contributed by atoms with Crippen molar-refractivity contribution in [3.63, 3.8) is 0 Å². The van der Waals surface area contributed by atoms with Gasteiger partial charge < -0.3 is 0 Å². The number of nitro benzene ring substituents is 1. The monoisotopic (exact) mass is 223 g/mol. The highest BCUT2D eigenvalue weighted by Crippen LogP contribution is 2.30. The van der Waals surface area contributed by atoms with E-state index in [-0.39, 0.29) is 21.3 Å². The number of benzene rings is 1. The molecule has 1 aromatic carbocycles. The van der Waals surface area contributed by atoms with E-state index in [0.717, 1.165) is 12.1 Å². The van der Waals surface area contributed by atoms with Gasteiger partial charge in [-0.25, -0.2) is 4.39 Å². The van der Waals surface area contributed by atoms with E-state index in [9.17, 15) is 14.5 Å². The quantitative estimate of drug-likeness (QED) is 0.570. The Morgan fingerprint density at radius 2 is 2.00 bits per heavy atom. The molecule has 0 aliphatic rings. The summed E-state index contributed by atoms with van der Waals surface area (Å²) < 4.78 is 12.2. The van der Waals surface area contributed by atoms with Crippen LogP contribution in [0, 0.1) is 10.1 Å². The Labute approximate surface area is 83.2 Å². The molecule has 70 valence electrons. The van der Waals surface area contributed by atoms with Crippen molar-refractivity contribution in [3.05, 3.63) is 37.9 Å². The van der Waals surface area contributed by atoms with Crippen LogP contribution in [0.25, 0.3) is 0 Å². The first-order valence-electron chi connectivity index (χ1n) is 3.24. The molecule has 0 spiro atoms. The van der Waals surface area contributed by atoms with E-state index in [2.05, 4.69) is 0 Å². The molecule has 6 heteroatoms.